The van der Waals surface area contributed by atoms with Crippen molar-refractivity contribution >= 4 is 46.5 Å². The van der Waals surface area contributed by atoms with Crippen LogP contribution in [0, 0.1) is 0 Å². The van der Waals surface area contributed by atoms with Crippen molar-refractivity contribution in [2.75, 3.05) is 13.2 Å². The molecular weight excluding hydrogens is 521 g/mol. The molecule has 0 saturated carbocycles. The molecule has 1 unspecified atom stereocenters. The maximum atomic E-state index is 12.1. The number of aryl methyl sites for hydroxylation is 1. The second-order valence-electron chi connectivity index (χ2n) is 8.65. The number of hydrogen-bond donors (Lipinski definition) is 5. The van der Waals surface area contributed by atoms with E-state index in [1.54, 1.807) is 4.90 Å². The minimum atomic E-state index is -0.667. The molecule has 1 atom stereocenters. The van der Waals surface area contributed by atoms with Gasteiger partial charge in [-0.2, -0.15) is 5.10 Å². The van der Waals surface area contributed by atoms with E-state index in [4.69, 9.17) is 43.3 Å². The molecule has 0 bridgehead atoms. The predicted octanol–water partition coefficient (Wildman–Crippen LogP) is 3.78. The van der Waals surface area contributed by atoms with Crippen molar-refractivity contribution in [2.24, 2.45) is 5.73 Å². The van der Waals surface area contributed by atoms with Gasteiger partial charge in [-0.25, -0.2) is 0 Å². The zero-order chi connectivity index (χ0) is 27.5. The topological polar surface area (TPSA) is 158 Å². The number of aromatic amines is 1. The number of carbonyl (C=O) groups excluding carboxylic acids is 1. The van der Waals surface area contributed by atoms with Gasteiger partial charge >= 0.3 is 0 Å². The molecule has 1 aliphatic rings. The number of benzene rings is 1. The summed E-state index contributed by atoms with van der Waals surface area (Å²) < 4.78 is 1.97. The summed E-state index contributed by atoms with van der Waals surface area (Å²) in [7, 11) is 0. The van der Waals surface area contributed by atoms with Crippen LogP contribution in [0.1, 0.15) is 50.8 Å². The molecule has 37 heavy (non-hydrogen) atoms. The smallest absolute Gasteiger partial charge is 0.290 e. The van der Waals surface area contributed by atoms with E-state index >= 15 is 0 Å². The number of nitrogens with two attached hydrogens (primary N) is 1. The summed E-state index contributed by atoms with van der Waals surface area (Å²) >= 11 is 13.0. The number of halogens is 2. The molecule has 1 aromatic carbocycles. The summed E-state index contributed by atoms with van der Waals surface area (Å²) in [5, 5.41) is 30.7. The summed E-state index contributed by atoms with van der Waals surface area (Å²) in [6.45, 7) is 4.84. The van der Waals surface area contributed by atoms with E-state index in [0.717, 1.165) is 46.4 Å². The number of aromatic nitrogens is 3. The Morgan fingerprint density at radius 3 is 2.62 bits per heavy atom. The van der Waals surface area contributed by atoms with Gasteiger partial charge in [-0.1, -0.05) is 49.4 Å². The Bertz CT molecular complexity index is 1180. The molecule has 1 aliphatic heterocycles. The van der Waals surface area contributed by atoms with Gasteiger partial charge < -0.3 is 30.9 Å². The molecule has 3 aromatic rings. The number of fused-ring (bicyclic) bond motifs is 3. The molecule has 1 amide bonds. The lowest BCUT2D eigenvalue weighted by atomic mass is 9.99. The zero-order valence-corrected chi connectivity index (χ0v) is 22.6. The number of aliphatic hydroxyl groups excluding tert-OH is 2. The molecule has 10 nitrogen and oxygen atoms in total. The molecule has 0 spiro atoms. The fourth-order valence-corrected chi connectivity index (χ4v) is 4.58. The molecule has 0 saturated heterocycles. The number of rotatable bonds is 7. The van der Waals surface area contributed by atoms with Gasteiger partial charge in [-0.15, -0.1) is 0 Å². The Balaban J connectivity index is 0.000000616. The normalized spacial score (nSPS) is 13.2. The highest BCUT2D eigenvalue weighted by Crippen LogP contribution is 2.41. The van der Waals surface area contributed by atoms with E-state index in [1.807, 2.05) is 23.0 Å². The average Bonchev–Trinajstić information content (AvgIpc) is 3.48. The Morgan fingerprint density at radius 2 is 2.00 bits per heavy atom. The van der Waals surface area contributed by atoms with Crippen LogP contribution in [-0.2, 0) is 29.1 Å². The maximum Gasteiger partial charge on any atom is 0.290 e. The van der Waals surface area contributed by atoms with Gasteiger partial charge in [-0.3, -0.25) is 14.3 Å². The van der Waals surface area contributed by atoms with Crippen molar-refractivity contribution in [3.8, 4) is 11.3 Å². The first-order chi connectivity index (χ1) is 17.7. The highest BCUT2D eigenvalue weighted by Gasteiger charge is 2.27. The minimum absolute atomic E-state index is 0.250. The van der Waals surface area contributed by atoms with Crippen LogP contribution >= 0.6 is 23.2 Å². The van der Waals surface area contributed by atoms with Gasteiger partial charge in [0.25, 0.3) is 6.47 Å². The number of amides is 1. The third-order valence-electron chi connectivity index (χ3n) is 5.79. The van der Waals surface area contributed by atoms with Gasteiger partial charge in [-0.05, 0) is 25.5 Å². The quantitative estimate of drug-likeness (QED) is 0.168. The third-order valence-corrected chi connectivity index (χ3v) is 6.57. The van der Waals surface area contributed by atoms with Gasteiger partial charge in [0.1, 0.15) is 6.61 Å². The van der Waals surface area contributed by atoms with Gasteiger partial charge in [0.05, 0.1) is 27.5 Å². The average molecular weight is 556 g/mol. The number of nitrogens with one attached hydrogen (secondary N) is 1. The first-order valence-corrected chi connectivity index (χ1v) is 12.9. The van der Waals surface area contributed by atoms with Gasteiger partial charge in [0.15, 0.2) is 0 Å². The lowest BCUT2D eigenvalue weighted by molar-refractivity contribution is -0.135. The van der Waals surface area contributed by atoms with Crippen LogP contribution in [0.5, 0.6) is 0 Å². The van der Waals surface area contributed by atoms with E-state index in [9.17, 15) is 9.90 Å². The van der Waals surface area contributed by atoms with Crippen LogP contribution in [0.4, 0.5) is 0 Å². The van der Waals surface area contributed by atoms with Crippen molar-refractivity contribution in [3.63, 3.8) is 0 Å². The number of H-pyrrole nitrogens is 1. The number of unbranched alkanes of at least 4 members (excludes halogenated alkanes) is 3. The first kappa shape index (κ1) is 30.6. The number of nitrogens with zero attached hydrogens (tertiary/aromatic N) is 3. The summed E-state index contributed by atoms with van der Waals surface area (Å²) in [6, 6.07) is 3.86. The Hall–Kier alpha value is -2.63. The first-order valence-electron chi connectivity index (χ1n) is 12.1. The molecule has 0 fully saturated rings. The number of aliphatic hydroxyl groups is 2. The second kappa shape index (κ2) is 14.9. The molecule has 204 valence electrons. The number of hydrogen-bond acceptors (Lipinski definition) is 6. The van der Waals surface area contributed by atoms with Crippen molar-refractivity contribution in [3.05, 3.63) is 39.6 Å². The highest BCUT2D eigenvalue weighted by molar-refractivity contribution is 6.45. The largest absolute Gasteiger partial charge is 0.483 e. The van der Waals surface area contributed by atoms with E-state index in [-0.39, 0.29) is 12.4 Å². The number of carboxylic acid groups (broad SMARTS) is 1. The minimum Gasteiger partial charge on any atom is -0.483 e. The van der Waals surface area contributed by atoms with E-state index in [1.165, 1.54) is 26.2 Å². The Labute approximate surface area is 226 Å². The van der Waals surface area contributed by atoms with Gasteiger partial charge in [0.2, 0.25) is 5.91 Å². The molecule has 3 heterocycles. The maximum absolute atomic E-state index is 12.1. The van der Waals surface area contributed by atoms with Crippen LogP contribution in [0.15, 0.2) is 18.3 Å². The molecule has 4 rings (SSSR count). The summed E-state index contributed by atoms with van der Waals surface area (Å²) in [6.07, 6.45) is 6.75. The molecule has 0 aliphatic carbocycles. The molecule has 2 aromatic heterocycles. The zero-order valence-electron chi connectivity index (χ0n) is 21.1. The van der Waals surface area contributed by atoms with Crippen LogP contribution in [0.2, 0.25) is 10.0 Å². The van der Waals surface area contributed by atoms with Crippen LogP contribution in [0.25, 0.3) is 22.2 Å². The SMILES string of the molecule is CC(N)O.CCCCCCn1ccc(-c2cc(Cl)c(Cl)c3[nH]c4c(c23)CN(C(=O)CO)CC4)n1.O=CO. The van der Waals surface area contributed by atoms with Crippen LogP contribution in [-0.4, -0.2) is 66.7 Å². The summed E-state index contributed by atoms with van der Waals surface area (Å²) in [5.41, 5.74) is 9.25. The highest BCUT2D eigenvalue weighted by atomic mass is 35.5. The van der Waals surface area contributed by atoms with E-state index in [2.05, 4.69) is 17.6 Å². The van der Waals surface area contributed by atoms with E-state index in [0.29, 0.717) is 29.6 Å². The Kier molecular flexibility index (Phi) is 12.4. The van der Waals surface area contributed by atoms with Crippen molar-refractivity contribution < 1.29 is 24.9 Å². The summed E-state index contributed by atoms with van der Waals surface area (Å²) in [5.74, 6) is -0.270. The fraction of sp³-hybridized carbons (Fsp3) is 0.480. The standard InChI is InChI=1S/C22H26Cl2N4O2.C2H7NO.CH2O2/c1-2-3-4-5-8-28-10-7-18(26-28)14-11-16(23)21(24)22-20(14)15-12-27(19(30)13-29)9-6-17(15)25-22;1-2(3)4;2-1-3/h7,10-11,25,29H,2-6,8-9,12-13H2,1H3;2,4H,3H2,1H3;1H,(H,2,3). The van der Waals surface area contributed by atoms with Crippen LogP contribution in [0.3, 0.4) is 0 Å². The van der Waals surface area contributed by atoms with Gasteiger partial charge in [0, 0.05) is 54.5 Å². The molecule has 0 radical (unpaired) electrons. The van der Waals surface area contributed by atoms with Crippen molar-refractivity contribution in [1.82, 2.24) is 19.7 Å². The molecule has 6 N–H and O–H groups in total. The summed E-state index contributed by atoms with van der Waals surface area (Å²) in [4.78, 5) is 25.5. The van der Waals surface area contributed by atoms with Crippen molar-refractivity contribution in [2.45, 2.75) is 65.3 Å². The lowest BCUT2D eigenvalue weighted by Gasteiger charge is -2.26. The predicted molar refractivity (Wildman–Crippen MR) is 144 cm³/mol. The monoisotopic (exact) mass is 555 g/mol. The number of carbonyl (C=O) groups is 2. The Morgan fingerprint density at radius 1 is 1.32 bits per heavy atom. The fourth-order valence-electron chi connectivity index (χ4n) is 4.18. The molecule has 12 heteroatoms. The second-order valence-corrected chi connectivity index (χ2v) is 9.43. The van der Waals surface area contributed by atoms with Crippen LogP contribution < -0.4 is 5.73 Å². The van der Waals surface area contributed by atoms with E-state index < -0.39 is 12.8 Å². The molecular formula is C25H35Cl2N5O5. The van der Waals surface area contributed by atoms with Crippen molar-refractivity contribution in [1.29, 1.82) is 0 Å². The lowest BCUT2D eigenvalue weighted by Crippen LogP contribution is -2.37. The third kappa shape index (κ3) is 8.18.